The Kier molecular flexibility index (Phi) is 3.20. The van der Waals surface area contributed by atoms with E-state index < -0.39 is 0 Å². The van der Waals surface area contributed by atoms with Crippen LogP contribution < -0.4 is 0 Å². The van der Waals surface area contributed by atoms with E-state index in [4.69, 9.17) is 0 Å². The quantitative estimate of drug-likeness (QED) is 0.585. The zero-order valence-electron chi connectivity index (χ0n) is 9.30. The molecule has 0 aromatic heterocycles. The summed E-state index contributed by atoms with van der Waals surface area (Å²) in [6.07, 6.45) is 2.91. The third-order valence-electron chi connectivity index (χ3n) is 3.92. The highest BCUT2D eigenvalue weighted by atomic mass is 14.4. The first-order valence-corrected chi connectivity index (χ1v) is 5.52. The Morgan fingerprint density at radius 3 is 2.00 bits per heavy atom. The maximum Gasteiger partial charge on any atom is -0.0381 e. The van der Waals surface area contributed by atoms with Crippen LogP contribution in [-0.4, -0.2) is 0 Å². The summed E-state index contributed by atoms with van der Waals surface area (Å²) < 4.78 is 0. The van der Waals surface area contributed by atoms with Crippen molar-refractivity contribution in [2.24, 2.45) is 29.6 Å². The van der Waals surface area contributed by atoms with Crippen LogP contribution in [0.3, 0.4) is 0 Å². The van der Waals surface area contributed by atoms with Gasteiger partial charge in [-0.3, -0.25) is 0 Å². The minimum Gasteiger partial charge on any atom is -0.0628 e. The first-order valence-electron chi connectivity index (χ1n) is 5.52. The number of hydrogen-bond acceptors (Lipinski definition) is 0. The Bertz CT molecular complexity index is 135. The van der Waals surface area contributed by atoms with Gasteiger partial charge in [0.1, 0.15) is 0 Å². The molecule has 0 aromatic carbocycles. The van der Waals surface area contributed by atoms with Gasteiger partial charge in [0.25, 0.3) is 0 Å². The zero-order valence-corrected chi connectivity index (χ0v) is 9.30. The third kappa shape index (κ3) is 2.02. The van der Waals surface area contributed by atoms with E-state index in [2.05, 4.69) is 34.6 Å². The molecule has 1 saturated carbocycles. The lowest BCUT2D eigenvalue weighted by Crippen LogP contribution is -2.11. The summed E-state index contributed by atoms with van der Waals surface area (Å²) in [5.74, 6) is 4.77. The molecule has 72 valence electrons. The van der Waals surface area contributed by atoms with Gasteiger partial charge in [-0.25, -0.2) is 0 Å². The van der Waals surface area contributed by atoms with Crippen molar-refractivity contribution in [1.82, 2.24) is 0 Å². The van der Waals surface area contributed by atoms with Crippen LogP contribution in [0.25, 0.3) is 0 Å². The van der Waals surface area contributed by atoms with Crippen molar-refractivity contribution in [2.45, 2.75) is 47.5 Å². The van der Waals surface area contributed by atoms with Crippen molar-refractivity contribution in [1.29, 1.82) is 0 Å². The lowest BCUT2D eigenvalue weighted by molar-refractivity contribution is 0.302. The lowest BCUT2D eigenvalue weighted by Gasteiger charge is -2.19. The fourth-order valence-corrected chi connectivity index (χ4v) is 2.77. The van der Waals surface area contributed by atoms with Crippen LogP contribution in [0.4, 0.5) is 0 Å². The molecule has 0 N–H and O–H groups in total. The van der Waals surface area contributed by atoms with Crippen LogP contribution in [0.1, 0.15) is 47.5 Å². The monoisotopic (exact) mass is 168 g/mol. The van der Waals surface area contributed by atoms with Gasteiger partial charge in [0.2, 0.25) is 0 Å². The molecule has 0 nitrogen and oxygen atoms in total. The van der Waals surface area contributed by atoms with E-state index >= 15 is 0 Å². The van der Waals surface area contributed by atoms with Crippen LogP contribution in [0.2, 0.25) is 0 Å². The van der Waals surface area contributed by atoms with Gasteiger partial charge in [0.05, 0.1) is 0 Å². The van der Waals surface area contributed by atoms with E-state index in [1.807, 2.05) is 0 Å². The van der Waals surface area contributed by atoms with E-state index in [1.165, 1.54) is 12.8 Å². The molecule has 1 fully saturated rings. The molecular formula is C12H24. The maximum absolute atomic E-state index is 2.45. The Hall–Kier alpha value is 0. The van der Waals surface area contributed by atoms with Gasteiger partial charge in [-0.05, 0) is 42.4 Å². The van der Waals surface area contributed by atoms with Crippen molar-refractivity contribution < 1.29 is 0 Å². The summed E-state index contributed by atoms with van der Waals surface area (Å²) in [4.78, 5) is 0. The summed E-state index contributed by atoms with van der Waals surface area (Å²) in [6, 6.07) is 0. The molecule has 4 atom stereocenters. The lowest BCUT2D eigenvalue weighted by atomic mass is 9.86. The van der Waals surface area contributed by atoms with Crippen LogP contribution in [0.15, 0.2) is 0 Å². The molecule has 0 heterocycles. The molecule has 4 unspecified atom stereocenters. The van der Waals surface area contributed by atoms with Gasteiger partial charge in [-0.15, -0.1) is 0 Å². The SMILES string of the molecule is CC(C)CC1CC(C)C(C)C1C. The summed E-state index contributed by atoms with van der Waals surface area (Å²) in [7, 11) is 0. The van der Waals surface area contributed by atoms with Gasteiger partial charge in [-0.2, -0.15) is 0 Å². The summed E-state index contributed by atoms with van der Waals surface area (Å²) in [6.45, 7) is 12.0. The number of hydrogen-bond donors (Lipinski definition) is 0. The van der Waals surface area contributed by atoms with Crippen LogP contribution in [0, 0.1) is 29.6 Å². The highest BCUT2D eigenvalue weighted by molar-refractivity contribution is 4.84. The fourth-order valence-electron chi connectivity index (χ4n) is 2.77. The second-order valence-electron chi connectivity index (χ2n) is 5.32. The van der Waals surface area contributed by atoms with E-state index in [0.29, 0.717) is 0 Å². The Labute approximate surface area is 77.7 Å². The van der Waals surface area contributed by atoms with Crippen molar-refractivity contribution in [3.05, 3.63) is 0 Å². The molecular weight excluding hydrogens is 144 g/mol. The van der Waals surface area contributed by atoms with Gasteiger partial charge in [0, 0.05) is 0 Å². The molecule has 1 aliphatic rings. The number of rotatable bonds is 2. The molecule has 0 saturated heterocycles. The largest absolute Gasteiger partial charge is 0.0628 e. The van der Waals surface area contributed by atoms with Crippen molar-refractivity contribution in [3.63, 3.8) is 0 Å². The van der Waals surface area contributed by atoms with E-state index in [9.17, 15) is 0 Å². The second kappa shape index (κ2) is 3.81. The molecule has 1 aliphatic carbocycles. The molecule has 0 aromatic rings. The highest BCUT2D eigenvalue weighted by Gasteiger charge is 2.34. The molecule has 0 spiro atoms. The van der Waals surface area contributed by atoms with Crippen molar-refractivity contribution >= 4 is 0 Å². The molecule has 0 amide bonds. The van der Waals surface area contributed by atoms with E-state index in [0.717, 1.165) is 29.6 Å². The van der Waals surface area contributed by atoms with E-state index in [-0.39, 0.29) is 0 Å². The minimum absolute atomic E-state index is 0.884. The van der Waals surface area contributed by atoms with Crippen LogP contribution in [0.5, 0.6) is 0 Å². The average molecular weight is 168 g/mol. The second-order valence-corrected chi connectivity index (χ2v) is 5.32. The molecule has 0 aliphatic heterocycles. The maximum atomic E-state index is 2.45. The Morgan fingerprint density at radius 2 is 1.67 bits per heavy atom. The first kappa shape index (κ1) is 10.1. The Morgan fingerprint density at radius 1 is 1.08 bits per heavy atom. The van der Waals surface area contributed by atoms with Gasteiger partial charge < -0.3 is 0 Å². The highest BCUT2D eigenvalue weighted by Crippen LogP contribution is 2.43. The topological polar surface area (TPSA) is 0 Å². The molecule has 12 heavy (non-hydrogen) atoms. The summed E-state index contributed by atoms with van der Waals surface area (Å²) >= 11 is 0. The molecule has 0 bridgehead atoms. The molecule has 1 rings (SSSR count). The summed E-state index contributed by atoms with van der Waals surface area (Å²) in [5, 5.41) is 0. The molecule has 0 heteroatoms. The van der Waals surface area contributed by atoms with E-state index in [1.54, 1.807) is 0 Å². The average Bonchev–Trinajstić information content (AvgIpc) is 2.17. The molecule has 0 radical (unpaired) electrons. The predicted molar refractivity (Wildman–Crippen MR) is 55.1 cm³/mol. The normalized spacial score (nSPS) is 42.5. The van der Waals surface area contributed by atoms with Gasteiger partial charge in [0.15, 0.2) is 0 Å². The van der Waals surface area contributed by atoms with Crippen LogP contribution >= 0.6 is 0 Å². The third-order valence-corrected chi connectivity index (χ3v) is 3.92. The standard InChI is InChI=1S/C12H24/c1-8(2)6-12-7-9(3)10(4)11(12)5/h8-12H,6-7H2,1-5H3. The van der Waals surface area contributed by atoms with Gasteiger partial charge in [-0.1, -0.05) is 34.6 Å². The van der Waals surface area contributed by atoms with Gasteiger partial charge >= 0.3 is 0 Å². The Balaban J connectivity index is 2.47. The smallest absolute Gasteiger partial charge is 0.0381 e. The van der Waals surface area contributed by atoms with Crippen molar-refractivity contribution in [3.8, 4) is 0 Å². The van der Waals surface area contributed by atoms with Crippen LogP contribution in [-0.2, 0) is 0 Å². The fraction of sp³-hybridized carbons (Fsp3) is 1.00. The minimum atomic E-state index is 0.884. The predicted octanol–water partition coefficient (Wildman–Crippen LogP) is 3.96. The zero-order chi connectivity index (χ0) is 9.30. The first-order chi connectivity index (χ1) is 5.52. The summed E-state index contributed by atoms with van der Waals surface area (Å²) in [5.41, 5.74) is 0. The van der Waals surface area contributed by atoms with Crippen molar-refractivity contribution in [2.75, 3.05) is 0 Å².